The van der Waals surface area contributed by atoms with Crippen LogP contribution in [-0.2, 0) is 17.9 Å². The second kappa shape index (κ2) is 10.9. The molecule has 0 atom stereocenters. The van der Waals surface area contributed by atoms with Gasteiger partial charge in [-0.15, -0.1) is 0 Å². The van der Waals surface area contributed by atoms with Gasteiger partial charge in [0.25, 0.3) is 11.6 Å². The first-order valence-electron chi connectivity index (χ1n) is 11.1. The number of nitro groups is 1. The van der Waals surface area contributed by atoms with Crippen molar-refractivity contribution in [2.45, 2.75) is 20.1 Å². The normalized spacial score (nSPS) is 14.2. The van der Waals surface area contributed by atoms with E-state index in [2.05, 4.69) is 5.32 Å². The number of nitrogens with zero attached hydrogens (tertiary/aromatic N) is 2. The van der Waals surface area contributed by atoms with Gasteiger partial charge in [-0.05, 0) is 41.8 Å². The zero-order chi connectivity index (χ0) is 25.7. The third kappa shape index (κ3) is 5.64. The Morgan fingerprint density at radius 1 is 1.03 bits per heavy atom. The molecule has 1 aliphatic heterocycles. The molecule has 1 N–H and O–H groups in total. The first kappa shape index (κ1) is 24.7. The zero-order valence-corrected chi connectivity index (χ0v) is 20.0. The molecule has 0 radical (unpaired) electrons. The first-order chi connectivity index (χ1) is 17.4. The van der Waals surface area contributed by atoms with Crippen LogP contribution < -0.4 is 14.8 Å². The van der Waals surface area contributed by atoms with Crippen molar-refractivity contribution in [2.75, 3.05) is 6.61 Å². The number of benzene rings is 3. The van der Waals surface area contributed by atoms with Crippen molar-refractivity contribution >= 4 is 35.3 Å². The Balaban J connectivity index is 1.55. The minimum absolute atomic E-state index is 0.0326. The molecule has 0 bridgehead atoms. The van der Waals surface area contributed by atoms with Gasteiger partial charge in [0.15, 0.2) is 11.5 Å². The number of imide groups is 1. The number of halogens is 1. The lowest BCUT2D eigenvalue weighted by molar-refractivity contribution is -0.384. The standard InChI is InChI=1S/C26H22ClN3O6/c1-2-35-23-14-19(12-21(27)24(23)36-16-18-9-6-10-20(11-18)30(33)34)13-22-25(31)29(26(32)28-22)15-17-7-4-3-5-8-17/h3-14H,2,15-16H2,1H3,(H,28,32)/b22-13+. The topological polar surface area (TPSA) is 111 Å². The van der Waals surface area contributed by atoms with Crippen molar-refractivity contribution in [2.24, 2.45) is 0 Å². The number of non-ortho nitro benzene ring substituents is 1. The van der Waals surface area contributed by atoms with E-state index >= 15 is 0 Å². The number of carbonyl (C=O) groups is 2. The summed E-state index contributed by atoms with van der Waals surface area (Å²) in [5, 5.41) is 13.8. The summed E-state index contributed by atoms with van der Waals surface area (Å²) in [6.45, 7) is 2.30. The summed E-state index contributed by atoms with van der Waals surface area (Å²) in [5.41, 5.74) is 2.01. The average molecular weight is 508 g/mol. The van der Waals surface area contributed by atoms with Gasteiger partial charge in [-0.2, -0.15) is 0 Å². The highest BCUT2D eigenvalue weighted by Crippen LogP contribution is 2.38. The molecule has 10 heteroatoms. The maximum absolute atomic E-state index is 12.9. The molecule has 0 aromatic heterocycles. The van der Waals surface area contributed by atoms with Crippen molar-refractivity contribution in [3.05, 3.63) is 104 Å². The minimum Gasteiger partial charge on any atom is -0.490 e. The number of ether oxygens (including phenoxy) is 2. The maximum atomic E-state index is 12.9. The van der Waals surface area contributed by atoms with Crippen LogP contribution in [0.25, 0.3) is 6.08 Å². The van der Waals surface area contributed by atoms with E-state index in [1.54, 1.807) is 31.2 Å². The van der Waals surface area contributed by atoms with Crippen LogP contribution >= 0.6 is 11.6 Å². The van der Waals surface area contributed by atoms with Gasteiger partial charge < -0.3 is 14.8 Å². The number of nitrogens with one attached hydrogen (secondary N) is 1. The molecule has 4 rings (SSSR count). The second-order valence-corrected chi connectivity index (χ2v) is 8.25. The highest BCUT2D eigenvalue weighted by molar-refractivity contribution is 6.32. The number of urea groups is 1. The Morgan fingerprint density at radius 3 is 2.50 bits per heavy atom. The number of nitro benzene ring substituents is 1. The van der Waals surface area contributed by atoms with Gasteiger partial charge in [-0.25, -0.2) is 4.79 Å². The van der Waals surface area contributed by atoms with Crippen molar-refractivity contribution in [3.63, 3.8) is 0 Å². The molecule has 1 fully saturated rings. The number of amides is 3. The third-order valence-corrected chi connectivity index (χ3v) is 5.57. The van der Waals surface area contributed by atoms with Crippen LogP contribution in [0, 0.1) is 10.1 Å². The number of hydrogen-bond acceptors (Lipinski definition) is 6. The van der Waals surface area contributed by atoms with Crippen LogP contribution in [0.2, 0.25) is 5.02 Å². The molecule has 1 saturated heterocycles. The molecule has 1 heterocycles. The first-order valence-corrected chi connectivity index (χ1v) is 11.4. The molecule has 3 aromatic rings. The van der Waals surface area contributed by atoms with Gasteiger partial charge in [-0.1, -0.05) is 54.1 Å². The quantitative estimate of drug-likeness (QED) is 0.182. The monoisotopic (exact) mass is 507 g/mol. The van der Waals surface area contributed by atoms with Crippen LogP contribution in [0.5, 0.6) is 11.5 Å². The van der Waals surface area contributed by atoms with E-state index in [0.29, 0.717) is 23.5 Å². The molecular formula is C26H22ClN3O6. The van der Waals surface area contributed by atoms with Crippen LogP contribution in [-0.4, -0.2) is 28.4 Å². The summed E-state index contributed by atoms with van der Waals surface area (Å²) in [6, 6.07) is 18.0. The van der Waals surface area contributed by atoms with Gasteiger partial charge in [0.05, 0.1) is 23.1 Å². The summed E-state index contributed by atoms with van der Waals surface area (Å²) >= 11 is 6.48. The van der Waals surface area contributed by atoms with E-state index in [4.69, 9.17) is 21.1 Å². The molecule has 0 saturated carbocycles. The molecule has 3 aromatic carbocycles. The average Bonchev–Trinajstić information content (AvgIpc) is 3.12. The summed E-state index contributed by atoms with van der Waals surface area (Å²) in [7, 11) is 0. The third-order valence-electron chi connectivity index (χ3n) is 5.29. The number of rotatable bonds is 9. The molecular weight excluding hydrogens is 486 g/mol. The molecule has 3 amide bonds. The molecule has 184 valence electrons. The Kier molecular flexibility index (Phi) is 7.50. The summed E-state index contributed by atoms with van der Waals surface area (Å²) in [4.78, 5) is 36.9. The minimum atomic E-state index is -0.511. The smallest absolute Gasteiger partial charge is 0.329 e. The largest absolute Gasteiger partial charge is 0.490 e. The fraction of sp³-hybridized carbons (Fsp3) is 0.154. The number of carbonyl (C=O) groups excluding carboxylic acids is 2. The van der Waals surface area contributed by atoms with E-state index in [0.717, 1.165) is 10.5 Å². The Hall–Kier alpha value is -4.37. The van der Waals surface area contributed by atoms with Crippen LogP contribution in [0.4, 0.5) is 10.5 Å². The predicted octanol–water partition coefficient (Wildman–Crippen LogP) is 5.32. The molecule has 0 aliphatic carbocycles. The second-order valence-electron chi connectivity index (χ2n) is 7.84. The van der Waals surface area contributed by atoms with E-state index in [1.165, 1.54) is 18.2 Å². The molecule has 0 unspecified atom stereocenters. The Bertz CT molecular complexity index is 1340. The summed E-state index contributed by atoms with van der Waals surface area (Å²) in [6.07, 6.45) is 1.52. The van der Waals surface area contributed by atoms with Crippen molar-refractivity contribution in [1.29, 1.82) is 0 Å². The fourth-order valence-corrected chi connectivity index (χ4v) is 3.91. The van der Waals surface area contributed by atoms with Gasteiger partial charge >= 0.3 is 6.03 Å². The maximum Gasteiger partial charge on any atom is 0.329 e. The Labute approximate surface area is 212 Å². The van der Waals surface area contributed by atoms with Gasteiger partial charge in [-0.3, -0.25) is 19.8 Å². The Morgan fingerprint density at radius 2 is 1.78 bits per heavy atom. The highest BCUT2D eigenvalue weighted by atomic mass is 35.5. The highest BCUT2D eigenvalue weighted by Gasteiger charge is 2.33. The van der Waals surface area contributed by atoms with E-state index < -0.39 is 16.9 Å². The zero-order valence-electron chi connectivity index (χ0n) is 19.3. The van der Waals surface area contributed by atoms with Crippen LogP contribution in [0.3, 0.4) is 0 Å². The summed E-state index contributed by atoms with van der Waals surface area (Å²) < 4.78 is 11.5. The lowest BCUT2D eigenvalue weighted by Crippen LogP contribution is -2.30. The molecule has 9 nitrogen and oxygen atoms in total. The van der Waals surface area contributed by atoms with Crippen molar-refractivity contribution in [1.82, 2.24) is 10.2 Å². The molecule has 36 heavy (non-hydrogen) atoms. The van der Waals surface area contributed by atoms with Crippen LogP contribution in [0.15, 0.2) is 72.4 Å². The van der Waals surface area contributed by atoms with Gasteiger partial charge in [0.2, 0.25) is 0 Å². The predicted molar refractivity (Wildman–Crippen MR) is 134 cm³/mol. The van der Waals surface area contributed by atoms with Gasteiger partial charge in [0.1, 0.15) is 12.3 Å². The fourth-order valence-electron chi connectivity index (χ4n) is 3.64. The van der Waals surface area contributed by atoms with E-state index in [9.17, 15) is 19.7 Å². The lowest BCUT2D eigenvalue weighted by Gasteiger charge is -2.15. The molecule has 1 aliphatic rings. The van der Waals surface area contributed by atoms with Crippen molar-refractivity contribution < 1.29 is 24.0 Å². The molecule has 0 spiro atoms. The van der Waals surface area contributed by atoms with Crippen LogP contribution in [0.1, 0.15) is 23.6 Å². The van der Waals surface area contributed by atoms with E-state index in [1.807, 2.05) is 30.3 Å². The summed E-state index contributed by atoms with van der Waals surface area (Å²) in [5.74, 6) is 0.142. The van der Waals surface area contributed by atoms with Gasteiger partial charge in [0, 0.05) is 12.1 Å². The van der Waals surface area contributed by atoms with Crippen molar-refractivity contribution in [3.8, 4) is 11.5 Å². The lowest BCUT2D eigenvalue weighted by atomic mass is 10.1. The number of hydrogen-bond donors (Lipinski definition) is 1. The SMILES string of the molecule is CCOc1cc(/C=C2/NC(=O)N(Cc3ccccc3)C2=O)cc(Cl)c1OCc1cccc([N+](=O)[O-])c1. The van der Waals surface area contributed by atoms with E-state index in [-0.39, 0.29) is 35.3 Å².